The number of hydrogen-bond donors (Lipinski definition) is 12. The average molecular weight is 619 g/mol. The van der Waals surface area contributed by atoms with Crippen LogP contribution in [0.2, 0.25) is 0 Å². The van der Waals surface area contributed by atoms with Gasteiger partial charge in [0, 0.05) is 36.3 Å². The molecule has 0 fully saturated rings. The van der Waals surface area contributed by atoms with E-state index in [9.17, 15) is 54.6 Å². The molecule has 2 aliphatic carbocycles. The maximum Gasteiger partial charge on any atom is 0.322 e. The van der Waals surface area contributed by atoms with Crippen LogP contribution in [-0.2, 0) is 24.0 Å². The van der Waals surface area contributed by atoms with Crippen molar-refractivity contribution in [3.8, 4) is 0 Å². The Bertz CT molecular complexity index is 1070. The van der Waals surface area contributed by atoms with Crippen LogP contribution in [0.25, 0.3) is 0 Å². The predicted octanol–water partition coefficient (Wildman–Crippen LogP) is -4.80. The molecule has 0 saturated heterocycles. The molecule has 0 aliphatic heterocycles. The van der Waals surface area contributed by atoms with Crippen LogP contribution < -0.4 is 21.3 Å². The molecule has 236 valence electrons. The van der Waals surface area contributed by atoms with Crippen LogP contribution in [0, 0.1) is 0 Å². The summed E-state index contributed by atoms with van der Waals surface area (Å²) in [6, 6.07) is -2.47. The Morgan fingerprint density at radius 1 is 0.762 bits per heavy atom. The number of carboxylic acids is 1. The number of carboxylic acid groups (broad SMARTS) is 1. The SMILES string of the molecule is O=C(O)CNC(=O)[C@H](CS)NC(=O)[C@H](CCCCNC(=O)C1=C[C@@H](O)[C@@H](O)[C@H](O)C1)NC(=O)C1=C[C@@H](O)[C@@H](O)[C@H](O)C1. The van der Waals surface area contributed by atoms with Gasteiger partial charge in [0.2, 0.25) is 23.6 Å². The molecule has 17 heteroatoms. The Hall–Kier alpha value is -3.06. The Kier molecular flexibility index (Phi) is 13.8. The summed E-state index contributed by atoms with van der Waals surface area (Å²) in [5, 5.41) is 76.9. The van der Waals surface area contributed by atoms with E-state index in [0.29, 0.717) is 6.42 Å². The summed E-state index contributed by atoms with van der Waals surface area (Å²) < 4.78 is 0. The van der Waals surface area contributed by atoms with Gasteiger partial charge in [0.25, 0.3) is 0 Å². The molecule has 2 rings (SSSR count). The van der Waals surface area contributed by atoms with Gasteiger partial charge in [-0.05, 0) is 31.4 Å². The fraction of sp³-hybridized carbons (Fsp3) is 0.640. The molecule has 0 bridgehead atoms. The van der Waals surface area contributed by atoms with Crippen LogP contribution in [0.15, 0.2) is 23.3 Å². The highest BCUT2D eigenvalue weighted by atomic mass is 32.1. The molecule has 0 aromatic carbocycles. The first-order valence-corrected chi connectivity index (χ1v) is 13.9. The first-order chi connectivity index (χ1) is 19.7. The van der Waals surface area contributed by atoms with E-state index in [1.807, 2.05) is 0 Å². The third-order valence-electron chi connectivity index (χ3n) is 6.73. The zero-order valence-electron chi connectivity index (χ0n) is 22.5. The number of unbranched alkanes of at least 4 members (excludes halogenated alkanes) is 1. The molecule has 2 aliphatic rings. The molecule has 0 aromatic rings. The Morgan fingerprint density at radius 3 is 1.81 bits per heavy atom. The first kappa shape index (κ1) is 35.1. The Balaban J connectivity index is 2.02. The maximum atomic E-state index is 13.1. The lowest BCUT2D eigenvalue weighted by atomic mass is 9.91. The Morgan fingerprint density at radius 2 is 1.31 bits per heavy atom. The van der Waals surface area contributed by atoms with Crippen LogP contribution in [0.5, 0.6) is 0 Å². The normalized spacial score (nSPS) is 27.0. The largest absolute Gasteiger partial charge is 0.480 e. The number of amides is 4. The molecular weight excluding hydrogens is 580 g/mol. The van der Waals surface area contributed by atoms with Crippen LogP contribution in [-0.4, -0.2) is 133 Å². The topological polar surface area (TPSA) is 275 Å². The van der Waals surface area contributed by atoms with Gasteiger partial charge in [0.1, 0.15) is 43.0 Å². The quantitative estimate of drug-likeness (QED) is 0.0646. The lowest BCUT2D eigenvalue weighted by molar-refractivity contribution is -0.138. The van der Waals surface area contributed by atoms with Crippen molar-refractivity contribution < 1.29 is 59.7 Å². The fourth-order valence-corrected chi connectivity index (χ4v) is 4.55. The zero-order valence-corrected chi connectivity index (χ0v) is 23.4. The summed E-state index contributed by atoms with van der Waals surface area (Å²) in [5.74, 6) is -4.48. The van der Waals surface area contributed by atoms with Crippen LogP contribution in [0.3, 0.4) is 0 Å². The number of aliphatic hydroxyl groups excluding tert-OH is 6. The van der Waals surface area contributed by atoms with Gasteiger partial charge in [-0.3, -0.25) is 24.0 Å². The summed E-state index contributed by atoms with van der Waals surface area (Å²) in [5.41, 5.74) is 0.0181. The molecule has 11 N–H and O–H groups in total. The van der Waals surface area contributed by atoms with E-state index in [4.69, 9.17) is 5.11 Å². The summed E-state index contributed by atoms with van der Waals surface area (Å²) in [7, 11) is 0. The van der Waals surface area contributed by atoms with E-state index in [1.165, 1.54) is 0 Å². The number of rotatable bonds is 14. The lowest BCUT2D eigenvalue weighted by Gasteiger charge is -2.28. The van der Waals surface area contributed by atoms with Gasteiger partial charge in [-0.25, -0.2) is 0 Å². The van der Waals surface area contributed by atoms with Crippen LogP contribution in [0.4, 0.5) is 0 Å². The maximum absolute atomic E-state index is 13.1. The highest BCUT2D eigenvalue weighted by molar-refractivity contribution is 7.80. The summed E-state index contributed by atoms with van der Waals surface area (Å²) in [6.45, 7) is -0.573. The second kappa shape index (κ2) is 16.5. The van der Waals surface area contributed by atoms with Gasteiger partial charge >= 0.3 is 5.97 Å². The smallest absolute Gasteiger partial charge is 0.322 e. The number of nitrogens with one attached hydrogen (secondary N) is 4. The van der Waals surface area contributed by atoms with Gasteiger partial charge in [-0.2, -0.15) is 12.6 Å². The number of carbonyl (C=O) groups excluding carboxylic acids is 4. The van der Waals surface area contributed by atoms with Crippen molar-refractivity contribution in [1.29, 1.82) is 0 Å². The molecule has 0 saturated carbocycles. The number of hydrogen-bond acceptors (Lipinski definition) is 12. The van der Waals surface area contributed by atoms with Crippen molar-refractivity contribution in [3.63, 3.8) is 0 Å². The number of aliphatic carboxylic acids is 1. The van der Waals surface area contributed by atoms with Gasteiger partial charge < -0.3 is 57.0 Å². The van der Waals surface area contributed by atoms with Crippen molar-refractivity contribution in [2.45, 2.75) is 80.8 Å². The van der Waals surface area contributed by atoms with Crippen molar-refractivity contribution >= 4 is 42.2 Å². The predicted molar refractivity (Wildman–Crippen MR) is 147 cm³/mol. The minimum absolute atomic E-state index is 0.0107. The van der Waals surface area contributed by atoms with Crippen molar-refractivity contribution in [2.24, 2.45) is 0 Å². The highest BCUT2D eigenvalue weighted by Gasteiger charge is 2.34. The van der Waals surface area contributed by atoms with Crippen molar-refractivity contribution in [3.05, 3.63) is 23.3 Å². The highest BCUT2D eigenvalue weighted by Crippen LogP contribution is 2.21. The van der Waals surface area contributed by atoms with E-state index in [1.54, 1.807) is 0 Å². The lowest BCUT2D eigenvalue weighted by Crippen LogP contribution is -2.55. The summed E-state index contributed by atoms with van der Waals surface area (Å²) >= 11 is 4.01. The molecule has 8 atom stereocenters. The van der Waals surface area contributed by atoms with Gasteiger partial charge in [0.05, 0.1) is 12.2 Å². The molecule has 0 heterocycles. The zero-order chi connectivity index (χ0) is 31.6. The van der Waals surface area contributed by atoms with Crippen molar-refractivity contribution in [1.82, 2.24) is 21.3 Å². The van der Waals surface area contributed by atoms with E-state index in [2.05, 4.69) is 33.9 Å². The molecule has 4 amide bonds. The number of thiol groups is 1. The molecule has 0 unspecified atom stereocenters. The fourth-order valence-electron chi connectivity index (χ4n) is 4.29. The Labute approximate surface area is 246 Å². The molecule has 16 nitrogen and oxygen atoms in total. The molecule has 0 radical (unpaired) electrons. The minimum atomic E-state index is -1.51. The monoisotopic (exact) mass is 618 g/mol. The standard InChI is InChI=1S/C25H38N4O12S/c30-15-5-11(6-16(31)20(15)36)22(38)26-4-2-1-3-13(25(41)29-14(10-42)24(40)27-9-19(34)35)28-23(39)12-7-17(32)21(37)18(33)8-12/h5,7,13-18,20-21,30-33,36-37,42H,1-4,6,8-10H2,(H,26,38)(H,27,40)(H,28,39)(H,29,41)(H,34,35)/t13-,14-,15+,16+,17+,18+,20+,21+/m0/s1. The van der Waals surface area contributed by atoms with Crippen molar-refractivity contribution in [2.75, 3.05) is 18.8 Å². The van der Waals surface area contributed by atoms with E-state index < -0.39 is 84.9 Å². The number of aliphatic hydroxyl groups is 6. The first-order valence-electron chi connectivity index (χ1n) is 13.2. The summed E-state index contributed by atoms with van der Waals surface area (Å²) in [6.07, 6.45) is -6.16. The average Bonchev–Trinajstić information content (AvgIpc) is 2.94. The molecular formula is C25H38N4O12S. The van der Waals surface area contributed by atoms with E-state index in [0.717, 1.165) is 12.2 Å². The summed E-state index contributed by atoms with van der Waals surface area (Å²) in [4.78, 5) is 61.3. The second-order valence-electron chi connectivity index (χ2n) is 10.0. The van der Waals surface area contributed by atoms with Gasteiger partial charge in [-0.15, -0.1) is 0 Å². The van der Waals surface area contributed by atoms with E-state index >= 15 is 0 Å². The second-order valence-corrected chi connectivity index (χ2v) is 10.4. The molecule has 0 spiro atoms. The third kappa shape index (κ3) is 10.3. The van der Waals surface area contributed by atoms with Gasteiger partial charge in [0.15, 0.2) is 0 Å². The van der Waals surface area contributed by atoms with E-state index in [-0.39, 0.29) is 49.1 Å². The van der Waals surface area contributed by atoms with Gasteiger partial charge in [-0.1, -0.05) is 0 Å². The molecule has 42 heavy (non-hydrogen) atoms. The third-order valence-corrected chi connectivity index (χ3v) is 7.10. The minimum Gasteiger partial charge on any atom is -0.480 e. The number of carbonyl (C=O) groups is 5. The van der Waals surface area contributed by atoms with Crippen LogP contribution in [0.1, 0.15) is 32.1 Å². The molecule has 0 aromatic heterocycles. The van der Waals surface area contributed by atoms with Crippen LogP contribution >= 0.6 is 12.6 Å².